The highest BCUT2D eigenvalue weighted by Gasteiger charge is 2.11. The summed E-state index contributed by atoms with van der Waals surface area (Å²) in [7, 11) is 3.18. The molecule has 0 atom stereocenters. The maximum atomic E-state index is 11.8. The molecule has 0 saturated heterocycles. The van der Waals surface area contributed by atoms with Crippen LogP contribution in [0.5, 0.6) is 17.2 Å². The molecule has 1 heterocycles. The van der Waals surface area contributed by atoms with Gasteiger partial charge >= 0.3 is 5.97 Å². The number of rotatable bonds is 8. The predicted octanol–water partition coefficient (Wildman–Crippen LogP) is 3.48. The van der Waals surface area contributed by atoms with Gasteiger partial charge in [0.05, 0.1) is 14.2 Å². The van der Waals surface area contributed by atoms with Crippen LogP contribution in [0.25, 0.3) is 11.3 Å². The summed E-state index contributed by atoms with van der Waals surface area (Å²) in [6.07, 6.45) is 0. The van der Waals surface area contributed by atoms with Gasteiger partial charge in [0.2, 0.25) is 0 Å². The first kappa shape index (κ1) is 18.3. The molecule has 0 N–H and O–H groups in total. The number of hydrogen-bond donors (Lipinski definition) is 0. The molecule has 0 amide bonds. The standard InChI is InChI=1S/C20H19NO6/c1-23-16-6-8-17(9-7-16)25-13-20(22)26-12-15-11-19(27-21-15)14-4-3-5-18(10-14)24-2/h3-11H,12-13H2,1-2H3. The third kappa shape index (κ3) is 5.01. The Labute approximate surface area is 156 Å². The van der Waals surface area contributed by atoms with Gasteiger partial charge < -0.3 is 23.5 Å². The Bertz CT molecular complexity index is 887. The second-order valence-electron chi connectivity index (χ2n) is 5.54. The highest BCUT2D eigenvalue weighted by molar-refractivity contribution is 5.71. The van der Waals surface area contributed by atoms with E-state index in [0.29, 0.717) is 28.7 Å². The number of esters is 1. The number of aromatic nitrogens is 1. The Morgan fingerprint density at radius 2 is 1.70 bits per heavy atom. The molecule has 0 bridgehead atoms. The Morgan fingerprint density at radius 3 is 2.44 bits per heavy atom. The lowest BCUT2D eigenvalue weighted by Crippen LogP contribution is -2.14. The average molecular weight is 369 g/mol. The Morgan fingerprint density at radius 1 is 0.963 bits per heavy atom. The summed E-state index contributed by atoms with van der Waals surface area (Å²) in [6, 6.07) is 16.0. The molecule has 0 spiro atoms. The molecule has 0 aliphatic carbocycles. The van der Waals surface area contributed by atoms with Crippen molar-refractivity contribution in [3.8, 4) is 28.6 Å². The second-order valence-corrected chi connectivity index (χ2v) is 5.54. The minimum Gasteiger partial charge on any atom is -0.497 e. The summed E-state index contributed by atoms with van der Waals surface area (Å²) < 4.78 is 26.1. The van der Waals surface area contributed by atoms with E-state index in [-0.39, 0.29) is 13.2 Å². The lowest BCUT2D eigenvalue weighted by atomic mass is 10.1. The lowest BCUT2D eigenvalue weighted by molar-refractivity contribution is -0.147. The van der Waals surface area contributed by atoms with E-state index >= 15 is 0 Å². The molecule has 0 unspecified atom stereocenters. The fourth-order valence-electron chi connectivity index (χ4n) is 2.30. The molecule has 3 rings (SSSR count). The zero-order valence-electron chi connectivity index (χ0n) is 15.0. The van der Waals surface area contributed by atoms with Crippen LogP contribution in [0.2, 0.25) is 0 Å². The van der Waals surface area contributed by atoms with Crippen molar-refractivity contribution in [1.29, 1.82) is 0 Å². The predicted molar refractivity (Wildman–Crippen MR) is 96.8 cm³/mol. The van der Waals surface area contributed by atoms with Gasteiger partial charge in [0.25, 0.3) is 0 Å². The van der Waals surface area contributed by atoms with Gasteiger partial charge in [-0.1, -0.05) is 17.3 Å². The monoisotopic (exact) mass is 369 g/mol. The second kappa shape index (κ2) is 8.75. The van der Waals surface area contributed by atoms with Gasteiger partial charge in [-0.15, -0.1) is 0 Å². The van der Waals surface area contributed by atoms with E-state index < -0.39 is 5.97 Å². The Hall–Kier alpha value is -3.48. The summed E-state index contributed by atoms with van der Waals surface area (Å²) in [5, 5.41) is 3.91. The molecular weight excluding hydrogens is 350 g/mol. The highest BCUT2D eigenvalue weighted by atomic mass is 16.6. The summed E-state index contributed by atoms with van der Waals surface area (Å²) in [6.45, 7) is -0.203. The van der Waals surface area contributed by atoms with E-state index in [4.69, 9.17) is 23.5 Å². The van der Waals surface area contributed by atoms with E-state index in [0.717, 1.165) is 5.56 Å². The molecule has 140 valence electrons. The van der Waals surface area contributed by atoms with Gasteiger partial charge in [-0.2, -0.15) is 0 Å². The van der Waals surface area contributed by atoms with Crippen LogP contribution >= 0.6 is 0 Å². The maximum Gasteiger partial charge on any atom is 0.344 e. The SMILES string of the molecule is COc1ccc(OCC(=O)OCc2cc(-c3cccc(OC)c3)on2)cc1. The van der Waals surface area contributed by atoms with Crippen molar-refractivity contribution >= 4 is 5.97 Å². The zero-order chi connectivity index (χ0) is 19.1. The number of benzene rings is 2. The molecule has 0 fully saturated rings. The average Bonchev–Trinajstić information content (AvgIpc) is 3.20. The molecule has 7 nitrogen and oxygen atoms in total. The fourth-order valence-corrected chi connectivity index (χ4v) is 2.30. The van der Waals surface area contributed by atoms with Crippen LogP contribution in [0.3, 0.4) is 0 Å². The first-order valence-electron chi connectivity index (χ1n) is 8.20. The summed E-state index contributed by atoms with van der Waals surface area (Å²) in [5.74, 6) is 2.04. The summed E-state index contributed by atoms with van der Waals surface area (Å²) in [5.41, 5.74) is 1.33. The first-order chi connectivity index (χ1) is 13.2. The van der Waals surface area contributed by atoms with Crippen molar-refractivity contribution in [2.45, 2.75) is 6.61 Å². The van der Waals surface area contributed by atoms with Crippen molar-refractivity contribution in [2.75, 3.05) is 20.8 Å². The normalized spacial score (nSPS) is 10.3. The number of nitrogens with zero attached hydrogens (tertiary/aromatic N) is 1. The topological polar surface area (TPSA) is 80.0 Å². The van der Waals surface area contributed by atoms with Crippen LogP contribution in [-0.4, -0.2) is 32.0 Å². The maximum absolute atomic E-state index is 11.8. The third-order valence-electron chi connectivity index (χ3n) is 3.71. The van der Waals surface area contributed by atoms with E-state index in [2.05, 4.69) is 5.16 Å². The molecule has 3 aromatic rings. The zero-order valence-corrected chi connectivity index (χ0v) is 15.0. The van der Waals surface area contributed by atoms with Crippen molar-refractivity contribution in [2.24, 2.45) is 0 Å². The lowest BCUT2D eigenvalue weighted by Gasteiger charge is -2.06. The van der Waals surface area contributed by atoms with Gasteiger partial charge in [-0.3, -0.25) is 0 Å². The number of carbonyl (C=O) groups is 1. The van der Waals surface area contributed by atoms with Crippen LogP contribution in [0.1, 0.15) is 5.69 Å². The highest BCUT2D eigenvalue weighted by Crippen LogP contribution is 2.24. The number of carbonyl (C=O) groups excluding carboxylic acids is 1. The van der Waals surface area contributed by atoms with Crippen molar-refractivity contribution in [3.63, 3.8) is 0 Å². The number of ether oxygens (including phenoxy) is 4. The molecule has 0 aliphatic rings. The van der Waals surface area contributed by atoms with Crippen LogP contribution in [0, 0.1) is 0 Å². The van der Waals surface area contributed by atoms with Crippen LogP contribution < -0.4 is 14.2 Å². The number of methoxy groups -OCH3 is 2. The van der Waals surface area contributed by atoms with Crippen molar-refractivity contribution in [3.05, 3.63) is 60.3 Å². The summed E-state index contributed by atoms with van der Waals surface area (Å²) >= 11 is 0. The van der Waals surface area contributed by atoms with Gasteiger partial charge in [0, 0.05) is 11.6 Å². The Kier molecular flexibility index (Phi) is 5.94. The Balaban J connectivity index is 1.49. The smallest absolute Gasteiger partial charge is 0.344 e. The largest absolute Gasteiger partial charge is 0.497 e. The third-order valence-corrected chi connectivity index (χ3v) is 3.71. The molecule has 0 aliphatic heterocycles. The van der Waals surface area contributed by atoms with E-state index in [9.17, 15) is 4.79 Å². The molecule has 0 saturated carbocycles. The van der Waals surface area contributed by atoms with Gasteiger partial charge in [0.1, 0.15) is 29.5 Å². The first-order valence-corrected chi connectivity index (χ1v) is 8.20. The van der Waals surface area contributed by atoms with Gasteiger partial charge in [-0.05, 0) is 36.4 Å². The quantitative estimate of drug-likeness (QED) is 0.562. The summed E-state index contributed by atoms with van der Waals surface area (Å²) in [4.78, 5) is 11.8. The molecule has 2 aromatic carbocycles. The molecule has 27 heavy (non-hydrogen) atoms. The minimum absolute atomic E-state index is 0.00171. The molecule has 7 heteroatoms. The molecule has 1 aromatic heterocycles. The van der Waals surface area contributed by atoms with E-state index in [1.807, 2.05) is 24.3 Å². The van der Waals surface area contributed by atoms with Crippen LogP contribution in [0.4, 0.5) is 0 Å². The van der Waals surface area contributed by atoms with Gasteiger partial charge in [-0.25, -0.2) is 4.79 Å². The van der Waals surface area contributed by atoms with Gasteiger partial charge in [0.15, 0.2) is 12.4 Å². The minimum atomic E-state index is -0.503. The van der Waals surface area contributed by atoms with Crippen molar-refractivity contribution in [1.82, 2.24) is 5.16 Å². The van der Waals surface area contributed by atoms with E-state index in [1.54, 1.807) is 44.6 Å². The molecular formula is C20H19NO6. The van der Waals surface area contributed by atoms with E-state index in [1.165, 1.54) is 0 Å². The van der Waals surface area contributed by atoms with Crippen LogP contribution in [0.15, 0.2) is 59.1 Å². The molecule has 0 radical (unpaired) electrons. The number of hydrogen-bond acceptors (Lipinski definition) is 7. The van der Waals surface area contributed by atoms with Crippen LogP contribution in [-0.2, 0) is 16.1 Å². The fraction of sp³-hybridized carbons (Fsp3) is 0.200. The van der Waals surface area contributed by atoms with Crippen molar-refractivity contribution < 1.29 is 28.3 Å².